The molecular weight excluding hydrogens is 430 g/mol. The van der Waals surface area contributed by atoms with Gasteiger partial charge in [0.15, 0.2) is 0 Å². The van der Waals surface area contributed by atoms with Crippen LogP contribution >= 0.6 is 22.9 Å². The van der Waals surface area contributed by atoms with E-state index in [0.29, 0.717) is 29.1 Å². The summed E-state index contributed by atoms with van der Waals surface area (Å²) in [6.45, 7) is 4.57. The van der Waals surface area contributed by atoms with Gasteiger partial charge in [-0.2, -0.15) is 5.10 Å². The highest BCUT2D eigenvalue weighted by Crippen LogP contribution is 2.63. The van der Waals surface area contributed by atoms with Crippen LogP contribution in [0.4, 0.5) is 5.82 Å². The number of thiazole rings is 1. The Balaban J connectivity index is 1.28. The number of rotatable bonds is 4. The summed E-state index contributed by atoms with van der Waals surface area (Å²) < 4.78 is 0. The fraction of sp³-hybridized carbons (Fsp3) is 0.364. The summed E-state index contributed by atoms with van der Waals surface area (Å²) in [5, 5.41) is 11.5. The summed E-state index contributed by atoms with van der Waals surface area (Å²) in [6.07, 6.45) is 2.95. The predicted molar refractivity (Wildman–Crippen MR) is 124 cm³/mol. The molecule has 4 heterocycles. The van der Waals surface area contributed by atoms with Crippen LogP contribution in [0.5, 0.6) is 0 Å². The maximum absolute atomic E-state index is 6.29. The van der Waals surface area contributed by atoms with Crippen molar-refractivity contribution < 1.29 is 0 Å². The molecule has 1 aromatic carbocycles. The number of halogens is 1. The van der Waals surface area contributed by atoms with Crippen LogP contribution < -0.4 is 10.6 Å². The standard InChI is InChI=1S/C22H22ClN7S/c1-12-10-31-21(26-12)22(11-24)15-5-6-30(9-16(15)22)17-8-25-19-18(28-29-20(19)27-17)13-3-2-4-14(23)7-13/h2-4,7-8,10,15-16H,5-6,9,11,24H2,1H3,(H,27,28,29). The molecule has 0 bridgehead atoms. The smallest absolute Gasteiger partial charge is 0.202 e. The van der Waals surface area contributed by atoms with Gasteiger partial charge in [-0.05, 0) is 37.3 Å². The monoisotopic (exact) mass is 451 g/mol. The van der Waals surface area contributed by atoms with Gasteiger partial charge in [-0.15, -0.1) is 11.3 Å². The third-order valence-electron chi connectivity index (χ3n) is 6.87. The van der Waals surface area contributed by atoms with Crippen molar-refractivity contribution in [2.24, 2.45) is 17.6 Å². The van der Waals surface area contributed by atoms with Crippen molar-refractivity contribution in [3.8, 4) is 11.3 Å². The first-order valence-electron chi connectivity index (χ1n) is 10.4. The largest absolute Gasteiger partial charge is 0.355 e. The van der Waals surface area contributed by atoms with E-state index in [1.807, 2.05) is 30.5 Å². The molecule has 7 nitrogen and oxygen atoms in total. The van der Waals surface area contributed by atoms with Crippen LogP contribution in [0.15, 0.2) is 35.8 Å². The van der Waals surface area contributed by atoms with E-state index in [9.17, 15) is 0 Å². The normalized spacial score (nSPS) is 25.1. The van der Waals surface area contributed by atoms with Crippen LogP contribution in [0.2, 0.25) is 5.02 Å². The lowest BCUT2D eigenvalue weighted by atomic mass is 10.0. The van der Waals surface area contributed by atoms with Gasteiger partial charge in [0.25, 0.3) is 0 Å². The summed E-state index contributed by atoms with van der Waals surface area (Å²) >= 11 is 7.90. The van der Waals surface area contributed by atoms with Crippen molar-refractivity contribution >= 4 is 39.9 Å². The van der Waals surface area contributed by atoms with Crippen LogP contribution in [0.3, 0.4) is 0 Å². The Labute approximate surface area is 188 Å². The van der Waals surface area contributed by atoms with E-state index in [-0.39, 0.29) is 5.41 Å². The number of aryl methyl sites for hydroxylation is 1. The predicted octanol–water partition coefficient (Wildman–Crippen LogP) is 3.79. The topological polar surface area (TPSA) is 96.6 Å². The summed E-state index contributed by atoms with van der Waals surface area (Å²) in [5.41, 5.74) is 10.5. The van der Waals surface area contributed by atoms with Crippen molar-refractivity contribution in [1.82, 2.24) is 25.1 Å². The lowest BCUT2D eigenvalue weighted by molar-refractivity contribution is 0.545. The second-order valence-corrected chi connectivity index (χ2v) is 9.79. The molecule has 2 fully saturated rings. The lowest BCUT2D eigenvalue weighted by Crippen LogP contribution is -2.32. The molecule has 0 amide bonds. The van der Waals surface area contributed by atoms with E-state index < -0.39 is 0 Å². The molecule has 1 saturated heterocycles. The molecule has 1 aliphatic heterocycles. The van der Waals surface area contributed by atoms with E-state index in [0.717, 1.165) is 47.8 Å². The SMILES string of the molecule is Cc1csc(C2(CN)C3CCN(c4cnc5c(-c6cccc(Cl)c6)[nH]nc5n4)CC32)n1. The zero-order chi connectivity index (χ0) is 21.2. The van der Waals surface area contributed by atoms with Gasteiger partial charge in [0, 0.05) is 46.7 Å². The molecule has 0 spiro atoms. The molecular formula is C22H22ClN7S. The number of benzene rings is 1. The summed E-state index contributed by atoms with van der Waals surface area (Å²) in [6, 6.07) is 7.65. The van der Waals surface area contributed by atoms with Crippen LogP contribution in [-0.4, -0.2) is 44.8 Å². The van der Waals surface area contributed by atoms with E-state index in [4.69, 9.17) is 32.3 Å². The number of aromatic amines is 1. The Bertz CT molecular complexity index is 1280. The second-order valence-electron chi connectivity index (χ2n) is 8.50. The molecule has 9 heteroatoms. The van der Waals surface area contributed by atoms with Crippen LogP contribution in [0.1, 0.15) is 17.1 Å². The highest BCUT2D eigenvalue weighted by molar-refractivity contribution is 7.09. The average molecular weight is 452 g/mol. The van der Waals surface area contributed by atoms with E-state index >= 15 is 0 Å². The number of piperidine rings is 1. The minimum absolute atomic E-state index is 0.0251. The molecule has 2 aliphatic rings. The van der Waals surface area contributed by atoms with Crippen LogP contribution in [0.25, 0.3) is 22.4 Å². The van der Waals surface area contributed by atoms with Gasteiger partial charge in [-0.3, -0.25) is 5.10 Å². The minimum atomic E-state index is 0.0251. The maximum Gasteiger partial charge on any atom is 0.202 e. The first kappa shape index (κ1) is 19.2. The van der Waals surface area contributed by atoms with Gasteiger partial charge < -0.3 is 10.6 Å². The number of anilines is 1. The highest BCUT2D eigenvalue weighted by atomic mass is 35.5. The number of hydrogen-bond acceptors (Lipinski definition) is 7. The van der Waals surface area contributed by atoms with Crippen molar-refractivity contribution in [2.45, 2.75) is 18.8 Å². The fourth-order valence-corrected chi connectivity index (χ4v) is 6.57. The van der Waals surface area contributed by atoms with Gasteiger partial charge in [0.1, 0.15) is 16.3 Å². The Kier molecular flexibility index (Phi) is 4.31. The zero-order valence-electron chi connectivity index (χ0n) is 17.0. The van der Waals surface area contributed by atoms with Crippen molar-refractivity contribution in [3.63, 3.8) is 0 Å². The number of nitrogens with two attached hydrogens (primary N) is 1. The average Bonchev–Trinajstić information content (AvgIpc) is 3.05. The van der Waals surface area contributed by atoms with Crippen molar-refractivity contribution in [2.75, 3.05) is 24.5 Å². The quantitative estimate of drug-likeness (QED) is 0.490. The third-order valence-corrected chi connectivity index (χ3v) is 8.26. The minimum Gasteiger partial charge on any atom is -0.355 e. The first-order chi connectivity index (χ1) is 15.1. The second kappa shape index (κ2) is 6.98. The number of nitrogens with zero attached hydrogens (tertiary/aromatic N) is 5. The summed E-state index contributed by atoms with van der Waals surface area (Å²) in [4.78, 5) is 16.6. The fourth-order valence-electron chi connectivity index (χ4n) is 5.24. The van der Waals surface area contributed by atoms with Crippen molar-refractivity contribution in [3.05, 3.63) is 51.6 Å². The Morgan fingerprint density at radius 1 is 1.32 bits per heavy atom. The van der Waals surface area contributed by atoms with Gasteiger partial charge in [0.2, 0.25) is 5.65 Å². The van der Waals surface area contributed by atoms with Gasteiger partial charge >= 0.3 is 0 Å². The Morgan fingerprint density at radius 2 is 2.23 bits per heavy atom. The summed E-state index contributed by atoms with van der Waals surface area (Å²) in [5.74, 6) is 1.98. The Morgan fingerprint density at radius 3 is 3.00 bits per heavy atom. The molecule has 4 aromatic rings. The van der Waals surface area contributed by atoms with Gasteiger partial charge in [-0.1, -0.05) is 23.7 Å². The highest BCUT2D eigenvalue weighted by Gasteiger charge is 2.67. The lowest BCUT2D eigenvalue weighted by Gasteiger charge is -2.26. The first-order valence-corrected chi connectivity index (χ1v) is 11.7. The number of fused-ring (bicyclic) bond motifs is 2. The number of nitrogens with one attached hydrogen (secondary N) is 1. The molecule has 31 heavy (non-hydrogen) atoms. The molecule has 0 radical (unpaired) electrons. The number of H-pyrrole nitrogens is 1. The van der Waals surface area contributed by atoms with Gasteiger partial charge in [0.05, 0.1) is 11.9 Å². The van der Waals surface area contributed by atoms with E-state index in [2.05, 4.69) is 27.4 Å². The molecule has 3 N–H and O–H groups in total. The van der Waals surface area contributed by atoms with E-state index in [1.54, 1.807) is 11.3 Å². The molecule has 1 saturated carbocycles. The Hall–Kier alpha value is -2.55. The van der Waals surface area contributed by atoms with Crippen molar-refractivity contribution in [1.29, 1.82) is 0 Å². The van der Waals surface area contributed by atoms with E-state index in [1.165, 1.54) is 5.01 Å². The van der Waals surface area contributed by atoms with Gasteiger partial charge in [-0.25, -0.2) is 15.0 Å². The number of aromatic nitrogens is 5. The molecule has 6 rings (SSSR count). The number of hydrogen-bond donors (Lipinski definition) is 2. The molecule has 1 aliphatic carbocycles. The maximum atomic E-state index is 6.29. The zero-order valence-corrected chi connectivity index (χ0v) is 18.6. The third kappa shape index (κ3) is 2.89. The molecule has 3 aromatic heterocycles. The molecule has 3 unspecified atom stereocenters. The van der Waals surface area contributed by atoms with Crippen LogP contribution in [-0.2, 0) is 5.41 Å². The summed E-state index contributed by atoms with van der Waals surface area (Å²) in [7, 11) is 0. The molecule has 3 atom stereocenters. The van der Waals surface area contributed by atoms with Crippen LogP contribution in [0, 0.1) is 18.8 Å². The molecule has 158 valence electrons.